The number of carbonyl (C=O) groups excluding carboxylic acids is 1. The summed E-state index contributed by atoms with van der Waals surface area (Å²) in [7, 11) is 0. The lowest BCUT2D eigenvalue weighted by molar-refractivity contribution is -0.124. The van der Waals surface area contributed by atoms with Crippen molar-refractivity contribution in [2.45, 2.75) is 56.9 Å². The largest absolute Gasteiger partial charge is 0.334 e. The third kappa shape index (κ3) is 4.43. The fourth-order valence-corrected chi connectivity index (χ4v) is 7.33. The van der Waals surface area contributed by atoms with Crippen molar-refractivity contribution in [1.82, 2.24) is 4.90 Å². The van der Waals surface area contributed by atoms with Crippen molar-refractivity contribution < 1.29 is 4.79 Å². The van der Waals surface area contributed by atoms with Crippen molar-refractivity contribution in [2.75, 3.05) is 11.4 Å². The van der Waals surface area contributed by atoms with Gasteiger partial charge >= 0.3 is 0 Å². The minimum Gasteiger partial charge on any atom is -0.334 e. The van der Waals surface area contributed by atoms with Crippen LogP contribution in [-0.4, -0.2) is 28.6 Å². The zero-order valence-corrected chi connectivity index (χ0v) is 21.8. The van der Waals surface area contributed by atoms with Gasteiger partial charge in [-0.25, -0.2) is 4.99 Å². The van der Waals surface area contributed by atoms with E-state index in [9.17, 15) is 4.79 Å². The third-order valence-electron chi connectivity index (χ3n) is 6.31. The second-order valence-corrected chi connectivity index (χ2v) is 11.3. The lowest BCUT2D eigenvalue weighted by atomic mass is 9.94. The molecule has 0 aromatic heterocycles. The molecule has 2 fully saturated rings. The molecule has 0 bridgehead atoms. The minimum absolute atomic E-state index is 0.0590. The van der Waals surface area contributed by atoms with Crippen molar-refractivity contribution in [3.63, 3.8) is 0 Å². The number of benzene rings is 2. The number of nitrogens with zero attached hydrogens (tertiary/aromatic N) is 3. The molecular weight excluding hydrogens is 493 g/mol. The van der Waals surface area contributed by atoms with E-state index in [2.05, 4.69) is 11.8 Å². The van der Waals surface area contributed by atoms with Crippen LogP contribution in [0.3, 0.4) is 0 Å². The van der Waals surface area contributed by atoms with Crippen LogP contribution in [-0.2, 0) is 4.79 Å². The number of hydrogen-bond donors (Lipinski definition) is 0. The zero-order valence-electron chi connectivity index (χ0n) is 18.6. The summed E-state index contributed by atoms with van der Waals surface area (Å²) in [6.07, 6.45) is 5.56. The van der Waals surface area contributed by atoms with Gasteiger partial charge in [-0.05, 0) is 74.3 Å². The van der Waals surface area contributed by atoms with Crippen molar-refractivity contribution >= 4 is 69.2 Å². The molecule has 1 aliphatic carbocycles. The molecule has 5 rings (SSSR count). The van der Waals surface area contributed by atoms with Crippen molar-refractivity contribution in [2.24, 2.45) is 4.99 Å². The Morgan fingerprint density at radius 3 is 2.58 bits per heavy atom. The Balaban J connectivity index is 1.58. The normalized spacial score (nSPS) is 22.5. The van der Waals surface area contributed by atoms with E-state index in [1.165, 1.54) is 18.2 Å². The average Bonchev–Trinajstić information content (AvgIpc) is 3.33. The predicted octanol–water partition coefficient (Wildman–Crippen LogP) is 8.00. The Morgan fingerprint density at radius 1 is 1.06 bits per heavy atom. The summed E-state index contributed by atoms with van der Waals surface area (Å²) in [5, 5.41) is 3.11. The van der Waals surface area contributed by atoms with E-state index in [1.54, 1.807) is 11.8 Å². The van der Waals surface area contributed by atoms with Crippen LogP contribution in [0.25, 0.3) is 0 Å². The van der Waals surface area contributed by atoms with Crippen molar-refractivity contribution in [1.29, 1.82) is 0 Å². The first-order valence-corrected chi connectivity index (χ1v) is 13.7. The highest BCUT2D eigenvalue weighted by atomic mass is 35.5. The summed E-state index contributed by atoms with van der Waals surface area (Å²) in [5.41, 5.74) is 2.85. The molecule has 3 aliphatic rings. The second kappa shape index (κ2) is 9.57. The molecule has 2 aliphatic heterocycles. The van der Waals surface area contributed by atoms with Gasteiger partial charge in [-0.1, -0.05) is 60.3 Å². The van der Waals surface area contributed by atoms with Gasteiger partial charge in [-0.2, -0.15) is 0 Å². The summed E-state index contributed by atoms with van der Waals surface area (Å²) in [5.74, 6) is 0.0590. The van der Waals surface area contributed by atoms with E-state index in [4.69, 9.17) is 28.2 Å². The highest BCUT2D eigenvalue weighted by molar-refractivity contribution is 8.19. The summed E-state index contributed by atoms with van der Waals surface area (Å²) in [6, 6.07) is 11.9. The molecule has 33 heavy (non-hydrogen) atoms. The second-order valence-electron chi connectivity index (χ2n) is 8.49. The van der Waals surface area contributed by atoms with Crippen LogP contribution in [0, 0.1) is 6.92 Å². The number of rotatable bonds is 3. The van der Waals surface area contributed by atoms with E-state index in [0.717, 1.165) is 69.2 Å². The SMILES string of the molecule is CCN1/C(=C2/SC(=Nc3ccc(C)c(Cl)c3)N(C3CCCCC3)C2=O)Sc2ccc(Cl)cc21. The number of anilines is 1. The summed E-state index contributed by atoms with van der Waals surface area (Å²) >= 11 is 15.8. The molecule has 0 radical (unpaired) electrons. The van der Waals surface area contributed by atoms with Crippen LogP contribution < -0.4 is 4.90 Å². The molecule has 0 unspecified atom stereocenters. The van der Waals surface area contributed by atoms with Crippen LogP contribution in [0.5, 0.6) is 0 Å². The predicted molar refractivity (Wildman–Crippen MR) is 142 cm³/mol. The van der Waals surface area contributed by atoms with Crippen LogP contribution in [0.2, 0.25) is 10.0 Å². The zero-order chi connectivity index (χ0) is 23.1. The molecule has 172 valence electrons. The van der Waals surface area contributed by atoms with Crippen molar-refractivity contribution in [3.05, 3.63) is 61.9 Å². The number of amidine groups is 1. The maximum Gasteiger partial charge on any atom is 0.269 e. The number of aryl methyl sites for hydroxylation is 1. The summed E-state index contributed by atoms with van der Waals surface area (Å²) in [4.78, 5) is 24.8. The fraction of sp³-hybridized carbons (Fsp3) is 0.360. The Labute approximate surface area is 213 Å². The smallest absolute Gasteiger partial charge is 0.269 e. The monoisotopic (exact) mass is 517 g/mol. The highest BCUT2D eigenvalue weighted by Crippen LogP contribution is 2.52. The van der Waals surface area contributed by atoms with Gasteiger partial charge in [0.05, 0.1) is 11.4 Å². The Bertz CT molecular complexity index is 1170. The van der Waals surface area contributed by atoms with E-state index in [0.29, 0.717) is 10.0 Å². The molecule has 2 heterocycles. The molecule has 0 N–H and O–H groups in total. The van der Waals surface area contributed by atoms with Gasteiger partial charge in [-0.3, -0.25) is 9.69 Å². The Kier molecular flexibility index (Phi) is 6.72. The molecule has 8 heteroatoms. The van der Waals surface area contributed by atoms with Gasteiger partial charge in [0, 0.05) is 27.5 Å². The lowest BCUT2D eigenvalue weighted by Crippen LogP contribution is -2.40. The summed E-state index contributed by atoms with van der Waals surface area (Å²) < 4.78 is 0. The van der Waals surface area contributed by atoms with E-state index < -0.39 is 0 Å². The van der Waals surface area contributed by atoms with Gasteiger partial charge < -0.3 is 4.90 Å². The molecular formula is C25H25Cl2N3OS2. The van der Waals surface area contributed by atoms with Crippen LogP contribution >= 0.6 is 46.7 Å². The third-order valence-corrected chi connectivity index (χ3v) is 9.30. The van der Waals surface area contributed by atoms with Crippen LogP contribution in [0.1, 0.15) is 44.6 Å². The first-order chi connectivity index (χ1) is 16.0. The fourth-order valence-electron chi connectivity index (χ4n) is 4.55. The van der Waals surface area contributed by atoms with Gasteiger partial charge in [0.15, 0.2) is 5.17 Å². The van der Waals surface area contributed by atoms with Crippen molar-refractivity contribution in [3.8, 4) is 0 Å². The maximum absolute atomic E-state index is 13.9. The van der Waals surface area contributed by atoms with E-state index in [1.807, 2.05) is 48.2 Å². The highest BCUT2D eigenvalue weighted by Gasteiger charge is 2.43. The van der Waals surface area contributed by atoms with Crippen LogP contribution in [0.15, 0.2) is 56.2 Å². The summed E-state index contributed by atoms with van der Waals surface area (Å²) in [6.45, 7) is 4.84. The number of carbonyl (C=O) groups is 1. The average molecular weight is 519 g/mol. The number of aliphatic imine (C=N–C) groups is 1. The van der Waals surface area contributed by atoms with Gasteiger partial charge in [-0.15, -0.1) is 0 Å². The Morgan fingerprint density at radius 2 is 1.85 bits per heavy atom. The number of hydrogen-bond acceptors (Lipinski definition) is 5. The van der Waals surface area contributed by atoms with Gasteiger partial charge in [0.2, 0.25) is 0 Å². The molecule has 4 nitrogen and oxygen atoms in total. The first-order valence-electron chi connectivity index (χ1n) is 11.3. The number of amides is 1. The minimum atomic E-state index is 0.0590. The number of halogens is 2. The lowest BCUT2D eigenvalue weighted by Gasteiger charge is -2.30. The number of fused-ring (bicyclic) bond motifs is 1. The Hall–Kier alpha value is -1.60. The topological polar surface area (TPSA) is 35.9 Å². The van der Waals surface area contributed by atoms with E-state index in [-0.39, 0.29) is 11.9 Å². The van der Waals surface area contributed by atoms with Gasteiger partial charge in [0.25, 0.3) is 5.91 Å². The molecule has 2 aromatic carbocycles. The molecule has 0 atom stereocenters. The standard InChI is InChI=1S/C25H25Cl2N3OS2/c1-3-29-20-13-16(26)10-12-21(20)32-24(29)22-23(31)30(18-7-5-4-6-8-18)25(33-22)28-17-11-9-15(2)19(27)14-17/h9-14,18H,3-8H2,1-2H3/b24-22-,28-25?. The quantitative estimate of drug-likeness (QED) is 0.386. The molecule has 1 saturated carbocycles. The molecule has 1 saturated heterocycles. The molecule has 2 aromatic rings. The van der Waals surface area contributed by atoms with Gasteiger partial charge in [0.1, 0.15) is 9.93 Å². The van der Waals surface area contributed by atoms with E-state index >= 15 is 0 Å². The maximum atomic E-state index is 13.9. The molecule has 1 amide bonds. The first kappa shape index (κ1) is 23.2. The molecule has 0 spiro atoms. The van der Waals surface area contributed by atoms with Crippen LogP contribution in [0.4, 0.5) is 11.4 Å². The number of thioether (sulfide) groups is 2.